The van der Waals surface area contributed by atoms with Gasteiger partial charge < -0.3 is 4.74 Å². The van der Waals surface area contributed by atoms with Crippen LogP contribution in [0.1, 0.15) is 23.0 Å². The molecule has 0 spiro atoms. The van der Waals surface area contributed by atoms with Crippen molar-refractivity contribution in [2.24, 2.45) is 0 Å². The van der Waals surface area contributed by atoms with Gasteiger partial charge in [-0.3, -0.25) is 0 Å². The van der Waals surface area contributed by atoms with Gasteiger partial charge in [-0.15, -0.1) is 11.3 Å². The van der Waals surface area contributed by atoms with E-state index in [0.717, 1.165) is 5.56 Å². The lowest BCUT2D eigenvalue weighted by molar-refractivity contribution is 0.0468. The number of halogens is 1. The number of hydrogen-bond donors (Lipinski definition) is 1. The van der Waals surface area contributed by atoms with Crippen molar-refractivity contribution in [1.29, 1.82) is 0 Å². The minimum atomic E-state index is -3.66. The average Bonchev–Trinajstić information content (AvgIpc) is 3.16. The Hall–Kier alpha value is -2.62. The number of aromatic nitrogens is 1. The molecular formula is C19H17FN2O4S2. The fourth-order valence-electron chi connectivity index (χ4n) is 2.38. The molecule has 1 N–H and O–H groups in total. The minimum Gasteiger partial charge on any atom is -0.456 e. The molecule has 3 aromatic rings. The first-order valence-corrected chi connectivity index (χ1v) is 10.7. The predicted octanol–water partition coefficient (Wildman–Crippen LogP) is 3.60. The summed E-state index contributed by atoms with van der Waals surface area (Å²) in [6.07, 6.45) is 0. The molecule has 0 fully saturated rings. The molecule has 0 bridgehead atoms. The van der Waals surface area contributed by atoms with Gasteiger partial charge in [0.1, 0.15) is 17.4 Å². The Morgan fingerprint density at radius 2 is 1.96 bits per heavy atom. The Balaban J connectivity index is 1.67. The van der Waals surface area contributed by atoms with Crippen molar-refractivity contribution in [3.8, 4) is 10.6 Å². The molecule has 0 aliphatic carbocycles. The molecule has 0 radical (unpaired) electrons. The van der Waals surface area contributed by atoms with Crippen LogP contribution in [0, 0.1) is 5.82 Å². The van der Waals surface area contributed by atoms with E-state index in [9.17, 15) is 17.6 Å². The Kier molecular flexibility index (Phi) is 6.18. The SMILES string of the molecule is CCNS(=O)(=O)c1cccc(C(=O)OCc2csc(-c3ccc(F)cc3)n2)c1. The third-order valence-electron chi connectivity index (χ3n) is 3.71. The number of nitrogens with one attached hydrogen (secondary N) is 1. The fourth-order valence-corrected chi connectivity index (χ4v) is 4.28. The highest BCUT2D eigenvalue weighted by molar-refractivity contribution is 7.89. The van der Waals surface area contributed by atoms with E-state index in [1.165, 1.54) is 47.7 Å². The van der Waals surface area contributed by atoms with Crippen LogP contribution in [0.25, 0.3) is 10.6 Å². The Bertz CT molecular complexity index is 1080. The van der Waals surface area contributed by atoms with Gasteiger partial charge in [-0.25, -0.2) is 27.3 Å². The van der Waals surface area contributed by atoms with Crippen LogP contribution in [-0.2, 0) is 21.4 Å². The number of hydrogen-bond acceptors (Lipinski definition) is 6. The molecule has 1 aromatic heterocycles. The number of sulfonamides is 1. The standard InChI is InChI=1S/C19H17FN2O4S2/c1-2-21-28(24,25)17-5-3-4-14(10-17)19(23)26-11-16-12-27-18(22-16)13-6-8-15(20)9-7-13/h3-10,12,21H,2,11H2,1H3. The van der Waals surface area contributed by atoms with E-state index in [1.54, 1.807) is 24.4 Å². The van der Waals surface area contributed by atoms with Gasteiger partial charge in [-0.1, -0.05) is 13.0 Å². The highest BCUT2D eigenvalue weighted by atomic mass is 32.2. The van der Waals surface area contributed by atoms with Crippen LogP contribution < -0.4 is 4.72 Å². The summed E-state index contributed by atoms with van der Waals surface area (Å²) in [6.45, 7) is 1.86. The van der Waals surface area contributed by atoms with Crippen molar-refractivity contribution in [3.63, 3.8) is 0 Å². The third kappa shape index (κ3) is 4.80. The van der Waals surface area contributed by atoms with Gasteiger partial charge in [0.15, 0.2) is 0 Å². The second-order valence-corrected chi connectivity index (χ2v) is 8.38. The summed E-state index contributed by atoms with van der Waals surface area (Å²) >= 11 is 1.35. The van der Waals surface area contributed by atoms with Crippen LogP contribution in [0.4, 0.5) is 4.39 Å². The lowest BCUT2D eigenvalue weighted by atomic mass is 10.2. The van der Waals surface area contributed by atoms with E-state index in [0.29, 0.717) is 10.7 Å². The van der Waals surface area contributed by atoms with Crippen LogP contribution in [0.3, 0.4) is 0 Å². The highest BCUT2D eigenvalue weighted by Crippen LogP contribution is 2.24. The summed E-state index contributed by atoms with van der Waals surface area (Å²) < 4.78 is 44.7. The third-order valence-corrected chi connectivity index (χ3v) is 6.19. The summed E-state index contributed by atoms with van der Waals surface area (Å²) in [5.74, 6) is -0.974. The fraction of sp³-hybridized carbons (Fsp3) is 0.158. The lowest BCUT2D eigenvalue weighted by Gasteiger charge is -2.07. The zero-order valence-corrected chi connectivity index (χ0v) is 16.5. The minimum absolute atomic E-state index is 0.00365. The number of ether oxygens (including phenoxy) is 1. The van der Waals surface area contributed by atoms with Crippen LogP contribution in [0.15, 0.2) is 58.8 Å². The van der Waals surface area contributed by atoms with Crippen molar-refractivity contribution >= 4 is 27.3 Å². The monoisotopic (exact) mass is 420 g/mol. The molecule has 146 valence electrons. The Labute approximate surface area is 166 Å². The van der Waals surface area contributed by atoms with Crippen molar-refractivity contribution in [2.75, 3.05) is 6.54 Å². The first-order valence-electron chi connectivity index (χ1n) is 8.36. The Morgan fingerprint density at radius 1 is 1.21 bits per heavy atom. The topological polar surface area (TPSA) is 85.4 Å². The molecule has 0 unspecified atom stereocenters. The number of rotatable bonds is 7. The van der Waals surface area contributed by atoms with Crippen molar-refractivity contribution in [1.82, 2.24) is 9.71 Å². The molecule has 0 aliphatic heterocycles. The molecule has 0 aliphatic rings. The van der Waals surface area contributed by atoms with Crippen LogP contribution in [-0.4, -0.2) is 25.9 Å². The molecule has 6 nitrogen and oxygen atoms in total. The molecule has 1 heterocycles. The lowest BCUT2D eigenvalue weighted by Crippen LogP contribution is -2.23. The normalized spacial score (nSPS) is 11.4. The van der Waals surface area contributed by atoms with Crippen LogP contribution in [0.2, 0.25) is 0 Å². The van der Waals surface area contributed by atoms with Gasteiger partial charge in [0.25, 0.3) is 0 Å². The average molecular weight is 420 g/mol. The molecule has 3 rings (SSSR count). The maximum absolute atomic E-state index is 13.0. The Morgan fingerprint density at radius 3 is 2.68 bits per heavy atom. The molecule has 0 amide bonds. The van der Waals surface area contributed by atoms with E-state index >= 15 is 0 Å². The molecular weight excluding hydrogens is 403 g/mol. The second-order valence-electron chi connectivity index (χ2n) is 5.76. The number of nitrogens with zero attached hydrogens (tertiary/aromatic N) is 1. The van der Waals surface area contributed by atoms with E-state index in [4.69, 9.17) is 4.74 Å². The molecule has 0 saturated heterocycles. The summed E-state index contributed by atoms with van der Waals surface area (Å²) in [5, 5.41) is 2.43. The predicted molar refractivity (Wildman–Crippen MR) is 104 cm³/mol. The maximum Gasteiger partial charge on any atom is 0.338 e. The van der Waals surface area contributed by atoms with E-state index in [1.807, 2.05) is 0 Å². The summed E-state index contributed by atoms with van der Waals surface area (Å²) in [6, 6.07) is 11.6. The first-order chi connectivity index (χ1) is 13.4. The maximum atomic E-state index is 13.0. The molecule has 28 heavy (non-hydrogen) atoms. The van der Waals surface area contributed by atoms with Crippen molar-refractivity contribution in [3.05, 3.63) is 71.0 Å². The molecule has 9 heteroatoms. The zero-order valence-electron chi connectivity index (χ0n) is 14.9. The van der Waals surface area contributed by atoms with Crippen LogP contribution >= 0.6 is 11.3 Å². The molecule has 2 aromatic carbocycles. The van der Waals surface area contributed by atoms with E-state index < -0.39 is 16.0 Å². The molecule has 0 saturated carbocycles. The largest absolute Gasteiger partial charge is 0.456 e. The second kappa shape index (κ2) is 8.59. The van der Waals surface area contributed by atoms with Crippen LogP contribution in [0.5, 0.6) is 0 Å². The number of carbonyl (C=O) groups excluding carboxylic acids is 1. The van der Waals surface area contributed by atoms with Gasteiger partial charge in [-0.05, 0) is 42.5 Å². The van der Waals surface area contributed by atoms with Gasteiger partial charge in [0, 0.05) is 17.5 Å². The van der Waals surface area contributed by atoms with Crippen molar-refractivity contribution < 1.29 is 22.3 Å². The summed E-state index contributed by atoms with van der Waals surface area (Å²) in [7, 11) is -3.66. The quantitative estimate of drug-likeness (QED) is 0.590. The highest BCUT2D eigenvalue weighted by Gasteiger charge is 2.16. The summed E-state index contributed by atoms with van der Waals surface area (Å²) in [4.78, 5) is 16.6. The number of thiazole rings is 1. The van der Waals surface area contributed by atoms with Crippen molar-refractivity contribution in [2.45, 2.75) is 18.4 Å². The molecule has 0 atom stereocenters. The summed E-state index contributed by atoms with van der Waals surface area (Å²) in [5.41, 5.74) is 1.45. The smallest absolute Gasteiger partial charge is 0.338 e. The van der Waals surface area contributed by atoms with Gasteiger partial charge in [0.05, 0.1) is 16.2 Å². The number of esters is 1. The van der Waals surface area contributed by atoms with Gasteiger partial charge in [-0.2, -0.15) is 0 Å². The van der Waals surface area contributed by atoms with Gasteiger partial charge >= 0.3 is 5.97 Å². The van der Waals surface area contributed by atoms with E-state index in [2.05, 4.69) is 9.71 Å². The first kappa shape index (κ1) is 20.1. The zero-order chi connectivity index (χ0) is 20.1. The number of carbonyl (C=O) groups is 1. The number of benzene rings is 2. The van der Waals surface area contributed by atoms with Gasteiger partial charge in [0.2, 0.25) is 10.0 Å². The van der Waals surface area contributed by atoms with E-state index in [-0.39, 0.29) is 29.4 Å².